The van der Waals surface area contributed by atoms with Crippen molar-refractivity contribution in [2.75, 3.05) is 34.3 Å². The van der Waals surface area contributed by atoms with Gasteiger partial charge in [0.1, 0.15) is 5.58 Å². The molecule has 0 saturated heterocycles. The minimum Gasteiger partial charge on any atom is -0.503 e. The van der Waals surface area contributed by atoms with Crippen LogP contribution in [0.4, 0.5) is 0 Å². The number of nitrogens with zero attached hydrogens (tertiary/aromatic N) is 2. The Balaban J connectivity index is 1.92. The van der Waals surface area contributed by atoms with Crippen LogP contribution in [-0.2, 0) is 0 Å². The number of aromatic hydroxyl groups is 1. The average molecular weight is 487 g/mol. The Kier molecular flexibility index (Phi) is 5.77. The summed E-state index contributed by atoms with van der Waals surface area (Å²) in [7, 11) is 5.39. The number of carbonyl (C=O) groups is 1. The Bertz CT molecular complexity index is 1220. The van der Waals surface area contributed by atoms with Crippen molar-refractivity contribution in [3.05, 3.63) is 68.0 Å². The summed E-state index contributed by atoms with van der Waals surface area (Å²) in [5.74, 6) is -0.0318. The first-order valence-electron chi connectivity index (χ1n) is 9.91. The molecule has 3 aromatic rings. The molecule has 1 N–H and O–H groups in total. The zero-order chi connectivity index (χ0) is 22.3. The third kappa shape index (κ3) is 3.70. The van der Waals surface area contributed by atoms with E-state index in [2.05, 4.69) is 15.9 Å². The Morgan fingerprint density at radius 2 is 1.97 bits per heavy atom. The van der Waals surface area contributed by atoms with Gasteiger partial charge in [0.25, 0.3) is 5.91 Å². The number of methoxy groups -OCH3 is 1. The molecule has 7 nitrogen and oxygen atoms in total. The Morgan fingerprint density at radius 3 is 2.68 bits per heavy atom. The van der Waals surface area contributed by atoms with E-state index in [0.717, 1.165) is 13.0 Å². The molecule has 0 fully saturated rings. The number of carbonyl (C=O) groups excluding carboxylic acids is 1. The third-order valence-electron chi connectivity index (χ3n) is 5.46. The van der Waals surface area contributed by atoms with Crippen molar-refractivity contribution < 1.29 is 19.1 Å². The molecular formula is C23H23BrN2O5. The quantitative estimate of drug-likeness (QED) is 0.570. The van der Waals surface area contributed by atoms with Gasteiger partial charge in [0.05, 0.1) is 28.6 Å². The molecule has 0 radical (unpaired) electrons. The highest BCUT2D eigenvalue weighted by Gasteiger charge is 2.42. The van der Waals surface area contributed by atoms with Crippen LogP contribution in [0.15, 0.2) is 50.1 Å². The molecule has 0 bridgehead atoms. The van der Waals surface area contributed by atoms with E-state index in [-0.39, 0.29) is 28.6 Å². The lowest BCUT2D eigenvalue weighted by atomic mass is 9.98. The second-order valence-corrected chi connectivity index (χ2v) is 8.64. The van der Waals surface area contributed by atoms with Crippen molar-refractivity contribution in [3.8, 4) is 11.5 Å². The number of rotatable bonds is 6. The minimum absolute atomic E-state index is 0.0412. The van der Waals surface area contributed by atoms with Gasteiger partial charge in [0.2, 0.25) is 5.76 Å². The molecule has 0 unspecified atom stereocenters. The van der Waals surface area contributed by atoms with Crippen LogP contribution in [0.3, 0.4) is 0 Å². The molecule has 31 heavy (non-hydrogen) atoms. The molecule has 8 heteroatoms. The van der Waals surface area contributed by atoms with Crippen LogP contribution in [0, 0.1) is 0 Å². The number of para-hydroxylation sites is 1. The monoisotopic (exact) mass is 486 g/mol. The highest BCUT2D eigenvalue weighted by molar-refractivity contribution is 9.10. The maximum absolute atomic E-state index is 13.4. The van der Waals surface area contributed by atoms with Crippen LogP contribution in [0.5, 0.6) is 11.5 Å². The number of fused-ring (bicyclic) bond motifs is 2. The van der Waals surface area contributed by atoms with Gasteiger partial charge in [-0.25, -0.2) is 0 Å². The topological polar surface area (TPSA) is 83.2 Å². The van der Waals surface area contributed by atoms with E-state index in [4.69, 9.17) is 9.15 Å². The van der Waals surface area contributed by atoms with Crippen LogP contribution in [0.2, 0.25) is 0 Å². The highest BCUT2D eigenvalue weighted by Crippen LogP contribution is 2.43. The number of hydrogen-bond acceptors (Lipinski definition) is 6. The minimum atomic E-state index is -0.642. The SMILES string of the molecule is COc1cc([C@H]2c3c(oc4ccccc4c3=O)C(=O)N2CCCN(C)C)cc(Br)c1O. The first kappa shape index (κ1) is 21.4. The van der Waals surface area contributed by atoms with Crippen molar-refractivity contribution >= 4 is 32.8 Å². The van der Waals surface area contributed by atoms with Gasteiger partial charge in [-0.05, 0) is 72.8 Å². The van der Waals surface area contributed by atoms with Crippen molar-refractivity contribution in [3.63, 3.8) is 0 Å². The predicted octanol–water partition coefficient (Wildman–Crippen LogP) is 3.77. The normalized spacial score (nSPS) is 15.7. The lowest BCUT2D eigenvalue weighted by molar-refractivity contribution is 0.0722. The molecule has 1 atom stereocenters. The van der Waals surface area contributed by atoms with Crippen LogP contribution in [0.25, 0.3) is 11.0 Å². The first-order valence-corrected chi connectivity index (χ1v) is 10.7. The van der Waals surface area contributed by atoms with Crippen LogP contribution < -0.4 is 10.2 Å². The predicted molar refractivity (Wildman–Crippen MR) is 121 cm³/mol. The molecule has 2 aromatic carbocycles. The molecule has 1 amide bonds. The fourth-order valence-electron chi connectivity index (χ4n) is 4.01. The van der Waals surface area contributed by atoms with Gasteiger partial charge >= 0.3 is 0 Å². The van der Waals surface area contributed by atoms with Crippen LogP contribution >= 0.6 is 15.9 Å². The molecule has 0 saturated carbocycles. The lowest BCUT2D eigenvalue weighted by Crippen LogP contribution is -2.32. The molecule has 1 aliphatic heterocycles. The number of phenolic OH excluding ortho intramolecular Hbond substituents is 1. The van der Waals surface area contributed by atoms with Gasteiger partial charge in [-0.15, -0.1) is 0 Å². The molecule has 162 valence electrons. The molecule has 0 spiro atoms. The number of halogens is 1. The lowest BCUT2D eigenvalue weighted by Gasteiger charge is -2.26. The smallest absolute Gasteiger partial charge is 0.290 e. The fourth-order valence-corrected chi connectivity index (χ4v) is 4.47. The van der Waals surface area contributed by atoms with E-state index < -0.39 is 6.04 Å². The number of ether oxygens (including phenoxy) is 1. The van der Waals surface area contributed by atoms with Crippen molar-refractivity contribution in [1.82, 2.24) is 9.80 Å². The van der Waals surface area contributed by atoms with E-state index >= 15 is 0 Å². The summed E-state index contributed by atoms with van der Waals surface area (Å²) in [6.45, 7) is 1.24. The Morgan fingerprint density at radius 1 is 1.23 bits per heavy atom. The second-order valence-electron chi connectivity index (χ2n) is 7.78. The summed E-state index contributed by atoms with van der Waals surface area (Å²) in [4.78, 5) is 30.5. The summed E-state index contributed by atoms with van der Waals surface area (Å²) in [5, 5.41) is 10.7. The summed E-state index contributed by atoms with van der Waals surface area (Å²) in [6, 6.07) is 9.65. The van der Waals surface area contributed by atoms with Gasteiger partial charge in [-0.2, -0.15) is 0 Å². The summed E-state index contributed by atoms with van der Waals surface area (Å²) in [6.07, 6.45) is 0.729. The molecule has 1 aromatic heterocycles. The van der Waals surface area contributed by atoms with Gasteiger partial charge in [-0.3, -0.25) is 9.59 Å². The molecular weight excluding hydrogens is 464 g/mol. The van der Waals surface area contributed by atoms with Crippen LogP contribution in [0.1, 0.15) is 34.1 Å². The third-order valence-corrected chi connectivity index (χ3v) is 6.07. The van der Waals surface area contributed by atoms with Gasteiger partial charge < -0.3 is 24.1 Å². The standard InChI is InChI=1S/C23H23BrN2O5/c1-25(2)9-6-10-26-19(13-11-15(24)21(28)17(12-13)30-3)18-20(27)14-7-4-5-8-16(14)31-22(18)23(26)29/h4-5,7-8,11-12,19,28H,6,9-10H2,1-3H3/t19-/m0/s1. The zero-order valence-corrected chi connectivity index (χ0v) is 19.1. The average Bonchev–Trinajstić information content (AvgIpc) is 3.02. The molecule has 0 aliphatic carbocycles. The van der Waals surface area contributed by atoms with E-state index in [1.54, 1.807) is 41.3 Å². The fraction of sp³-hybridized carbons (Fsp3) is 0.304. The van der Waals surface area contributed by atoms with E-state index in [1.807, 2.05) is 19.0 Å². The molecule has 4 rings (SSSR count). The van der Waals surface area contributed by atoms with E-state index in [0.29, 0.717) is 33.1 Å². The largest absolute Gasteiger partial charge is 0.503 e. The van der Waals surface area contributed by atoms with Crippen LogP contribution in [-0.4, -0.2) is 55.1 Å². The molecule has 2 heterocycles. The maximum Gasteiger partial charge on any atom is 0.290 e. The second kappa shape index (κ2) is 8.36. The Labute approximate surface area is 188 Å². The number of amides is 1. The maximum atomic E-state index is 13.4. The first-order chi connectivity index (χ1) is 14.8. The Hall–Kier alpha value is -2.84. The summed E-state index contributed by atoms with van der Waals surface area (Å²) >= 11 is 3.35. The number of hydrogen-bond donors (Lipinski definition) is 1. The molecule has 1 aliphatic rings. The van der Waals surface area contributed by atoms with Gasteiger partial charge in [0.15, 0.2) is 16.9 Å². The van der Waals surface area contributed by atoms with Gasteiger partial charge in [-0.1, -0.05) is 12.1 Å². The van der Waals surface area contributed by atoms with E-state index in [9.17, 15) is 14.7 Å². The van der Waals surface area contributed by atoms with Crippen molar-refractivity contribution in [2.45, 2.75) is 12.5 Å². The van der Waals surface area contributed by atoms with E-state index in [1.165, 1.54) is 7.11 Å². The number of benzene rings is 2. The van der Waals surface area contributed by atoms with Gasteiger partial charge in [0, 0.05) is 6.54 Å². The highest BCUT2D eigenvalue weighted by atomic mass is 79.9. The zero-order valence-electron chi connectivity index (χ0n) is 17.5. The summed E-state index contributed by atoms with van der Waals surface area (Å²) in [5.41, 5.74) is 1.13. The number of phenols is 1. The van der Waals surface area contributed by atoms with Crippen molar-refractivity contribution in [1.29, 1.82) is 0 Å². The van der Waals surface area contributed by atoms with Crippen molar-refractivity contribution in [2.24, 2.45) is 0 Å². The summed E-state index contributed by atoms with van der Waals surface area (Å²) < 4.78 is 11.6.